The minimum absolute atomic E-state index is 0.0883. The summed E-state index contributed by atoms with van der Waals surface area (Å²) in [7, 11) is 0. The molecule has 1 amide bonds. The van der Waals surface area contributed by atoms with Crippen molar-refractivity contribution in [2.45, 2.75) is 33.1 Å². The largest absolute Gasteiger partial charge is 0.340 e. The maximum atomic E-state index is 13.0. The molecule has 5 rings (SSSR count). The Bertz CT molecular complexity index is 1260. The van der Waals surface area contributed by atoms with Crippen molar-refractivity contribution in [3.05, 3.63) is 40.3 Å². The molecule has 9 nitrogen and oxygen atoms in total. The second-order valence-corrected chi connectivity index (χ2v) is 8.52. The van der Waals surface area contributed by atoms with Gasteiger partial charge >= 0.3 is 0 Å². The molecule has 2 N–H and O–H groups in total. The summed E-state index contributed by atoms with van der Waals surface area (Å²) >= 11 is 6.71. The van der Waals surface area contributed by atoms with E-state index in [1.165, 1.54) is 6.20 Å². The Labute approximate surface area is 196 Å². The highest BCUT2D eigenvalue weighted by molar-refractivity contribution is 7.19. The third kappa shape index (κ3) is 4.67. The average molecular weight is 495 g/mol. The van der Waals surface area contributed by atoms with Crippen LogP contribution in [0.5, 0.6) is 0 Å². The molecule has 5 heterocycles. The number of H-pyrrole nitrogens is 1. The lowest BCUT2D eigenvalue weighted by molar-refractivity contribution is 0.102. The molecule has 1 fully saturated rings. The van der Waals surface area contributed by atoms with Crippen molar-refractivity contribution in [1.29, 1.82) is 0 Å². The number of nitrogens with zero attached hydrogens (tertiary/aromatic N) is 6. The molecule has 0 aliphatic carbocycles. The van der Waals surface area contributed by atoms with Crippen molar-refractivity contribution in [2.24, 2.45) is 0 Å². The van der Waals surface area contributed by atoms with E-state index in [4.69, 9.17) is 11.6 Å². The van der Waals surface area contributed by atoms with Gasteiger partial charge in [-0.3, -0.25) is 9.89 Å². The van der Waals surface area contributed by atoms with Crippen LogP contribution in [0.3, 0.4) is 0 Å². The summed E-state index contributed by atoms with van der Waals surface area (Å²) in [6.07, 6.45) is 2.49. The van der Waals surface area contributed by atoms with E-state index >= 15 is 0 Å². The SMILES string of the molecule is CC.O=C(Nc1ccn2nc(N3CCCC3)nc2c1)c1[nH]ncc1-c1nc(C(F)F)c(Cl)s1. The minimum atomic E-state index is -2.80. The smallest absolute Gasteiger partial charge is 0.282 e. The van der Waals surface area contributed by atoms with Gasteiger partial charge in [-0.05, 0) is 18.9 Å². The summed E-state index contributed by atoms with van der Waals surface area (Å²) in [5.41, 5.74) is 0.962. The number of amides is 1. The molecule has 0 aromatic carbocycles. The van der Waals surface area contributed by atoms with Gasteiger partial charge in [-0.15, -0.1) is 16.4 Å². The molecule has 33 heavy (non-hydrogen) atoms. The van der Waals surface area contributed by atoms with E-state index in [-0.39, 0.29) is 20.6 Å². The highest BCUT2D eigenvalue weighted by atomic mass is 35.5. The lowest BCUT2D eigenvalue weighted by atomic mass is 10.2. The average Bonchev–Trinajstić information content (AvgIpc) is 3.59. The van der Waals surface area contributed by atoms with Gasteiger partial charge in [-0.2, -0.15) is 10.1 Å². The van der Waals surface area contributed by atoms with E-state index in [0.29, 0.717) is 17.3 Å². The quantitative estimate of drug-likeness (QED) is 0.402. The Morgan fingerprint density at radius 3 is 2.73 bits per heavy atom. The fourth-order valence-corrected chi connectivity index (χ4v) is 4.54. The first-order chi connectivity index (χ1) is 16.0. The van der Waals surface area contributed by atoms with Crippen LogP contribution in [0.4, 0.5) is 20.4 Å². The van der Waals surface area contributed by atoms with Gasteiger partial charge in [0.25, 0.3) is 12.3 Å². The molecule has 1 aliphatic rings. The number of aromatic nitrogens is 6. The summed E-state index contributed by atoms with van der Waals surface area (Å²) in [5.74, 6) is 0.161. The zero-order chi connectivity index (χ0) is 23.5. The molecule has 4 aromatic rings. The number of alkyl halides is 2. The molecule has 0 unspecified atom stereocenters. The molecule has 0 saturated carbocycles. The van der Waals surface area contributed by atoms with Crippen molar-refractivity contribution in [3.8, 4) is 10.6 Å². The van der Waals surface area contributed by atoms with Crippen LogP contribution in [0.25, 0.3) is 16.2 Å². The van der Waals surface area contributed by atoms with Crippen molar-refractivity contribution in [2.75, 3.05) is 23.3 Å². The number of anilines is 2. The Hall–Kier alpha value is -3.12. The molecule has 0 atom stereocenters. The van der Waals surface area contributed by atoms with Crippen LogP contribution < -0.4 is 10.2 Å². The minimum Gasteiger partial charge on any atom is -0.340 e. The van der Waals surface area contributed by atoms with Crippen LogP contribution in [0.2, 0.25) is 4.34 Å². The van der Waals surface area contributed by atoms with Crippen molar-refractivity contribution in [1.82, 2.24) is 29.8 Å². The van der Waals surface area contributed by atoms with Gasteiger partial charge in [0.2, 0.25) is 5.95 Å². The first-order valence-electron chi connectivity index (χ1n) is 10.4. The van der Waals surface area contributed by atoms with Crippen LogP contribution in [0.1, 0.15) is 49.3 Å². The summed E-state index contributed by atoms with van der Waals surface area (Å²) in [6, 6.07) is 3.40. The van der Waals surface area contributed by atoms with Crippen LogP contribution in [-0.4, -0.2) is 48.8 Å². The normalized spacial score (nSPS) is 13.5. The fraction of sp³-hybridized carbons (Fsp3) is 0.350. The lowest BCUT2D eigenvalue weighted by Gasteiger charge is -2.10. The van der Waals surface area contributed by atoms with Crippen LogP contribution in [0, 0.1) is 0 Å². The lowest BCUT2D eigenvalue weighted by Crippen LogP contribution is -2.19. The first-order valence-corrected chi connectivity index (χ1v) is 11.6. The Kier molecular flexibility index (Phi) is 6.84. The van der Waals surface area contributed by atoms with Crippen molar-refractivity contribution in [3.63, 3.8) is 0 Å². The Balaban J connectivity index is 0.00000126. The van der Waals surface area contributed by atoms with Gasteiger partial charge in [-0.1, -0.05) is 25.4 Å². The number of carbonyl (C=O) groups excluding carboxylic acids is 1. The van der Waals surface area contributed by atoms with E-state index < -0.39 is 18.0 Å². The van der Waals surface area contributed by atoms with E-state index in [9.17, 15) is 13.6 Å². The number of thiazole rings is 1. The number of rotatable bonds is 5. The molecule has 1 aliphatic heterocycles. The third-order valence-corrected chi connectivity index (χ3v) is 6.20. The predicted molar refractivity (Wildman–Crippen MR) is 123 cm³/mol. The third-order valence-electron chi connectivity index (χ3n) is 4.89. The molecule has 0 radical (unpaired) electrons. The van der Waals surface area contributed by atoms with Crippen molar-refractivity contribution < 1.29 is 13.6 Å². The number of hydrogen-bond donors (Lipinski definition) is 2. The molecule has 13 heteroatoms. The highest BCUT2D eigenvalue weighted by Crippen LogP contribution is 2.37. The molecular weight excluding hydrogens is 474 g/mol. The van der Waals surface area contributed by atoms with Gasteiger partial charge in [0.15, 0.2) is 5.65 Å². The Morgan fingerprint density at radius 1 is 1.27 bits per heavy atom. The number of carbonyl (C=O) groups is 1. The van der Waals surface area contributed by atoms with Gasteiger partial charge in [-0.25, -0.2) is 18.3 Å². The number of nitrogens with one attached hydrogen (secondary N) is 2. The fourth-order valence-electron chi connectivity index (χ4n) is 3.38. The maximum absolute atomic E-state index is 13.0. The topological polar surface area (TPSA) is 104 Å². The number of fused-ring (bicyclic) bond motifs is 1. The van der Waals surface area contributed by atoms with E-state index in [0.717, 1.165) is 37.3 Å². The molecule has 0 bridgehead atoms. The van der Waals surface area contributed by atoms with Gasteiger partial charge in [0, 0.05) is 31.0 Å². The number of halogens is 3. The second-order valence-electron chi connectivity index (χ2n) is 6.92. The first kappa shape index (κ1) is 23.1. The van der Waals surface area contributed by atoms with Gasteiger partial charge < -0.3 is 10.2 Å². The predicted octanol–water partition coefficient (Wildman–Crippen LogP) is 5.05. The zero-order valence-electron chi connectivity index (χ0n) is 17.8. The maximum Gasteiger partial charge on any atom is 0.282 e. The number of pyridine rings is 1. The monoisotopic (exact) mass is 494 g/mol. The number of aromatic amines is 1. The van der Waals surface area contributed by atoms with E-state index in [1.807, 2.05) is 13.8 Å². The summed E-state index contributed by atoms with van der Waals surface area (Å²) < 4.78 is 27.5. The van der Waals surface area contributed by atoms with E-state index in [2.05, 4.69) is 35.5 Å². The molecular formula is C20H21ClF2N8OS. The molecule has 0 spiro atoms. The number of hydrogen-bond acceptors (Lipinski definition) is 7. The molecule has 4 aromatic heterocycles. The summed E-state index contributed by atoms with van der Waals surface area (Å²) in [4.78, 5) is 23.3. The molecule has 1 saturated heterocycles. The van der Waals surface area contributed by atoms with E-state index in [1.54, 1.807) is 22.8 Å². The zero-order valence-corrected chi connectivity index (χ0v) is 19.4. The van der Waals surface area contributed by atoms with Crippen LogP contribution >= 0.6 is 22.9 Å². The van der Waals surface area contributed by atoms with Crippen LogP contribution in [-0.2, 0) is 0 Å². The van der Waals surface area contributed by atoms with Crippen molar-refractivity contribution >= 4 is 46.1 Å². The standard InChI is InChI=1S/C18H15ClF2N8OS.C2H6/c19-14-13(15(20)21)25-17(31-14)10-8-22-26-12(10)16(30)23-9-3-6-29-11(7-9)24-18(27-29)28-4-1-2-5-28;1-2/h3,6-8,15H,1-2,4-5H2,(H,22,26)(H,23,30);1-2H3. The van der Waals surface area contributed by atoms with Gasteiger partial charge in [0.05, 0.1) is 11.8 Å². The highest BCUT2D eigenvalue weighted by Gasteiger charge is 2.24. The van der Waals surface area contributed by atoms with Crippen LogP contribution in [0.15, 0.2) is 24.5 Å². The summed E-state index contributed by atoms with van der Waals surface area (Å²) in [6.45, 7) is 5.86. The Morgan fingerprint density at radius 2 is 2.03 bits per heavy atom. The summed E-state index contributed by atoms with van der Waals surface area (Å²) in [5, 5.41) is 13.9. The second kappa shape index (κ2) is 9.79. The van der Waals surface area contributed by atoms with Gasteiger partial charge in [0.1, 0.15) is 20.7 Å². The molecule has 174 valence electrons.